The lowest BCUT2D eigenvalue weighted by molar-refractivity contribution is 0.700. The van der Waals surface area contributed by atoms with Gasteiger partial charge >= 0.3 is 0 Å². The fourth-order valence-corrected chi connectivity index (χ4v) is 3.61. The fourth-order valence-electron chi connectivity index (χ4n) is 2.32. The van der Waals surface area contributed by atoms with E-state index in [0.717, 1.165) is 23.1 Å². The highest BCUT2D eigenvalue weighted by Crippen LogP contribution is 2.37. The molecular formula is C11H14N4S. The summed E-state index contributed by atoms with van der Waals surface area (Å²) in [6.45, 7) is 0.350. The van der Waals surface area contributed by atoms with Crippen LogP contribution in [-0.2, 0) is 19.4 Å². The zero-order chi connectivity index (χ0) is 11.1. The molecule has 0 saturated heterocycles. The van der Waals surface area contributed by atoms with Crippen LogP contribution in [0.4, 0.5) is 5.82 Å². The summed E-state index contributed by atoms with van der Waals surface area (Å²) in [7, 11) is 0. The molecule has 1 aliphatic carbocycles. The monoisotopic (exact) mass is 234 g/mol. The maximum absolute atomic E-state index is 6.00. The minimum absolute atomic E-state index is 0.350. The first-order valence-corrected chi connectivity index (χ1v) is 6.38. The lowest BCUT2D eigenvalue weighted by Gasteiger charge is -2.10. The van der Waals surface area contributed by atoms with Crippen molar-refractivity contribution in [3.05, 3.63) is 16.3 Å². The molecule has 0 spiro atoms. The van der Waals surface area contributed by atoms with Gasteiger partial charge in [0, 0.05) is 4.88 Å². The van der Waals surface area contributed by atoms with Crippen LogP contribution in [-0.4, -0.2) is 9.97 Å². The number of aromatic nitrogens is 2. The quantitative estimate of drug-likeness (QED) is 0.785. The fraction of sp³-hybridized carbons (Fsp3) is 0.455. The summed E-state index contributed by atoms with van der Waals surface area (Å²) in [4.78, 5) is 11.2. The molecule has 0 fully saturated rings. The molecule has 2 heterocycles. The Balaban J connectivity index is 2.30. The van der Waals surface area contributed by atoms with Crippen LogP contribution in [0.25, 0.3) is 10.2 Å². The van der Waals surface area contributed by atoms with E-state index in [9.17, 15) is 0 Å². The zero-order valence-corrected chi connectivity index (χ0v) is 9.81. The van der Waals surface area contributed by atoms with E-state index in [1.54, 1.807) is 11.3 Å². The van der Waals surface area contributed by atoms with Gasteiger partial charge < -0.3 is 11.5 Å². The van der Waals surface area contributed by atoms with Crippen LogP contribution in [0.3, 0.4) is 0 Å². The number of aryl methyl sites for hydroxylation is 2. The second-order valence-electron chi connectivity index (χ2n) is 4.12. The minimum atomic E-state index is 0.350. The predicted octanol–water partition coefficient (Wildman–Crippen LogP) is 1.61. The van der Waals surface area contributed by atoms with Gasteiger partial charge in [-0.25, -0.2) is 9.97 Å². The molecule has 0 aromatic carbocycles. The maximum Gasteiger partial charge on any atom is 0.145 e. The SMILES string of the molecule is NCc1nc(N)c2c3c(sc2n1)CCCC3. The van der Waals surface area contributed by atoms with Crippen molar-refractivity contribution in [2.24, 2.45) is 5.73 Å². The topological polar surface area (TPSA) is 77.8 Å². The summed E-state index contributed by atoms with van der Waals surface area (Å²) in [5.41, 5.74) is 12.9. The Labute approximate surface area is 97.7 Å². The standard InChI is InChI=1S/C11H14N4S/c12-5-8-14-10(13)9-6-3-1-2-4-7(6)16-11(9)15-8/h1-5,12H2,(H2,13,14,15). The molecule has 84 valence electrons. The molecule has 4 nitrogen and oxygen atoms in total. The highest BCUT2D eigenvalue weighted by atomic mass is 32.1. The van der Waals surface area contributed by atoms with Crippen LogP contribution >= 0.6 is 11.3 Å². The molecule has 2 aromatic heterocycles. The number of nitrogen functional groups attached to an aromatic ring is 1. The van der Waals surface area contributed by atoms with Crippen LogP contribution in [0.2, 0.25) is 0 Å². The van der Waals surface area contributed by atoms with E-state index in [4.69, 9.17) is 11.5 Å². The third kappa shape index (κ3) is 1.39. The van der Waals surface area contributed by atoms with Crippen LogP contribution in [0.1, 0.15) is 29.1 Å². The average Bonchev–Trinajstić information content (AvgIpc) is 2.67. The smallest absolute Gasteiger partial charge is 0.145 e. The Morgan fingerprint density at radius 1 is 1.19 bits per heavy atom. The second kappa shape index (κ2) is 3.68. The number of nitrogens with two attached hydrogens (primary N) is 2. The Hall–Kier alpha value is -1.20. The summed E-state index contributed by atoms with van der Waals surface area (Å²) in [5, 5.41) is 1.08. The molecule has 16 heavy (non-hydrogen) atoms. The van der Waals surface area contributed by atoms with Crippen molar-refractivity contribution >= 4 is 27.4 Å². The number of hydrogen-bond donors (Lipinski definition) is 2. The van der Waals surface area contributed by atoms with Crippen LogP contribution in [0, 0.1) is 0 Å². The third-order valence-corrected chi connectivity index (χ3v) is 4.26. The molecular weight excluding hydrogens is 220 g/mol. The summed E-state index contributed by atoms with van der Waals surface area (Å²) in [6, 6.07) is 0. The number of nitrogens with zero attached hydrogens (tertiary/aromatic N) is 2. The van der Waals surface area contributed by atoms with Gasteiger partial charge in [0.2, 0.25) is 0 Å². The number of hydrogen-bond acceptors (Lipinski definition) is 5. The van der Waals surface area contributed by atoms with E-state index < -0.39 is 0 Å². The normalized spacial score (nSPS) is 15.3. The van der Waals surface area contributed by atoms with Crippen molar-refractivity contribution in [3.8, 4) is 0 Å². The Kier molecular flexibility index (Phi) is 2.29. The molecule has 2 aromatic rings. The lowest BCUT2D eigenvalue weighted by Crippen LogP contribution is -2.06. The highest BCUT2D eigenvalue weighted by molar-refractivity contribution is 7.19. The molecule has 0 amide bonds. The van der Waals surface area contributed by atoms with Crippen molar-refractivity contribution in [2.75, 3.05) is 5.73 Å². The third-order valence-electron chi connectivity index (χ3n) is 3.07. The van der Waals surface area contributed by atoms with E-state index in [1.807, 2.05) is 0 Å². The molecule has 3 rings (SSSR count). The van der Waals surface area contributed by atoms with E-state index in [-0.39, 0.29) is 0 Å². The maximum atomic E-state index is 6.00. The Morgan fingerprint density at radius 3 is 2.81 bits per heavy atom. The number of thiophene rings is 1. The van der Waals surface area contributed by atoms with Crippen molar-refractivity contribution in [3.63, 3.8) is 0 Å². The first kappa shape index (κ1) is 9.99. The molecule has 0 radical (unpaired) electrons. The summed E-state index contributed by atoms with van der Waals surface area (Å²) in [5.74, 6) is 1.24. The summed E-state index contributed by atoms with van der Waals surface area (Å²) in [6.07, 6.45) is 4.80. The van der Waals surface area contributed by atoms with Gasteiger partial charge in [0.1, 0.15) is 16.5 Å². The molecule has 0 unspecified atom stereocenters. The van der Waals surface area contributed by atoms with E-state index in [1.165, 1.54) is 23.3 Å². The van der Waals surface area contributed by atoms with Gasteiger partial charge in [0.25, 0.3) is 0 Å². The van der Waals surface area contributed by atoms with Gasteiger partial charge in [-0.15, -0.1) is 11.3 Å². The van der Waals surface area contributed by atoms with Crippen LogP contribution in [0.15, 0.2) is 0 Å². The number of anilines is 1. The number of rotatable bonds is 1. The van der Waals surface area contributed by atoms with Crippen molar-refractivity contribution in [2.45, 2.75) is 32.2 Å². The van der Waals surface area contributed by atoms with Crippen molar-refractivity contribution in [1.82, 2.24) is 9.97 Å². The summed E-state index contributed by atoms with van der Waals surface area (Å²) >= 11 is 1.76. The van der Waals surface area contributed by atoms with E-state index in [2.05, 4.69) is 9.97 Å². The minimum Gasteiger partial charge on any atom is -0.383 e. The van der Waals surface area contributed by atoms with Crippen molar-refractivity contribution in [1.29, 1.82) is 0 Å². The van der Waals surface area contributed by atoms with Crippen LogP contribution < -0.4 is 11.5 Å². The second-order valence-corrected chi connectivity index (χ2v) is 5.20. The first-order valence-electron chi connectivity index (χ1n) is 5.56. The molecule has 0 bridgehead atoms. The van der Waals surface area contributed by atoms with E-state index in [0.29, 0.717) is 18.2 Å². The van der Waals surface area contributed by atoms with Gasteiger partial charge in [0.15, 0.2) is 0 Å². The van der Waals surface area contributed by atoms with Crippen molar-refractivity contribution < 1.29 is 0 Å². The molecule has 0 saturated carbocycles. The van der Waals surface area contributed by atoms with Gasteiger partial charge in [-0.2, -0.15) is 0 Å². The van der Waals surface area contributed by atoms with E-state index >= 15 is 0 Å². The van der Waals surface area contributed by atoms with Gasteiger partial charge in [-0.1, -0.05) is 0 Å². The average molecular weight is 234 g/mol. The highest BCUT2D eigenvalue weighted by Gasteiger charge is 2.19. The lowest BCUT2D eigenvalue weighted by atomic mass is 9.97. The number of fused-ring (bicyclic) bond motifs is 3. The summed E-state index contributed by atoms with van der Waals surface area (Å²) < 4.78 is 0. The molecule has 0 aliphatic heterocycles. The van der Waals surface area contributed by atoms with Gasteiger partial charge in [-0.05, 0) is 31.2 Å². The molecule has 0 atom stereocenters. The molecule has 5 heteroatoms. The van der Waals surface area contributed by atoms with Crippen LogP contribution in [0.5, 0.6) is 0 Å². The van der Waals surface area contributed by atoms with Gasteiger partial charge in [0.05, 0.1) is 11.9 Å². The largest absolute Gasteiger partial charge is 0.383 e. The Bertz CT molecular complexity index is 546. The molecule has 4 N–H and O–H groups in total. The zero-order valence-electron chi connectivity index (χ0n) is 8.99. The Morgan fingerprint density at radius 2 is 2.00 bits per heavy atom. The van der Waals surface area contributed by atoms with Gasteiger partial charge in [-0.3, -0.25) is 0 Å². The predicted molar refractivity (Wildman–Crippen MR) is 66.4 cm³/mol. The molecule has 1 aliphatic rings. The first-order chi connectivity index (χ1) is 7.79.